The summed E-state index contributed by atoms with van der Waals surface area (Å²) in [5.41, 5.74) is 0.488. The average molecular weight is 302 g/mol. The lowest BCUT2D eigenvalue weighted by Crippen LogP contribution is -2.60. The zero-order valence-corrected chi connectivity index (χ0v) is 12.3. The third kappa shape index (κ3) is 3.24. The predicted molar refractivity (Wildman–Crippen MR) is 79.1 cm³/mol. The highest BCUT2D eigenvalue weighted by Crippen LogP contribution is 2.30. The Bertz CT molecular complexity index is 621. The quantitative estimate of drug-likeness (QED) is 0.841. The van der Waals surface area contributed by atoms with Crippen LogP contribution in [0, 0.1) is 5.92 Å². The van der Waals surface area contributed by atoms with Crippen LogP contribution in [0.5, 0.6) is 0 Å². The van der Waals surface area contributed by atoms with Gasteiger partial charge in [-0.15, -0.1) is 0 Å². The minimum absolute atomic E-state index is 0.0253. The summed E-state index contributed by atoms with van der Waals surface area (Å²) >= 11 is 0. The van der Waals surface area contributed by atoms with Crippen molar-refractivity contribution in [1.29, 1.82) is 0 Å². The molecule has 3 rings (SSSR count). The largest absolute Gasteiger partial charge is 0.350 e. The molecule has 2 aliphatic rings. The Hall–Kier alpha value is -2.44. The summed E-state index contributed by atoms with van der Waals surface area (Å²) in [6.07, 6.45) is 3.35. The summed E-state index contributed by atoms with van der Waals surface area (Å²) in [7, 11) is 0. The Morgan fingerprint density at radius 1 is 1.27 bits per heavy atom. The maximum Gasteiger partial charge on any atom is 0.254 e. The van der Waals surface area contributed by atoms with E-state index in [4.69, 9.17) is 0 Å². The minimum Gasteiger partial charge on any atom is -0.350 e. The van der Waals surface area contributed by atoms with Crippen LogP contribution in [0.2, 0.25) is 0 Å². The number of carbonyl (C=O) groups excluding carboxylic acids is 3. The molecule has 0 atom stereocenters. The molecule has 1 saturated heterocycles. The second-order valence-electron chi connectivity index (χ2n) is 5.80. The van der Waals surface area contributed by atoms with E-state index < -0.39 is 0 Å². The molecule has 7 heteroatoms. The number of nitrogens with one attached hydrogen (secondary N) is 2. The summed E-state index contributed by atoms with van der Waals surface area (Å²) in [6.45, 7) is 2.47. The first-order chi connectivity index (χ1) is 10.5. The van der Waals surface area contributed by atoms with Gasteiger partial charge in [-0.1, -0.05) is 0 Å². The third-order valence-electron chi connectivity index (χ3n) is 3.78. The van der Waals surface area contributed by atoms with E-state index in [1.54, 1.807) is 17.0 Å². The molecule has 2 heterocycles. The Morgan fingerprint density at radius 3 is 2.64 bits per heavy atom. The van der Waals surface area contributed by atoms with Gasteiger partial charge >= 0.3 is 0 Å². The Morgan fingerprint density at radius 2 is 2.00 bits per heavy atom. The second kappa shape index (κ2) is 5.75. The van der Waals surface area contributed by atoms with E-state index in [2.05, 4.69) is 15.6 Å². The lowest BCUT2D eigenvalue weighted by Gasteiger charge is -2.39. The van der Waals surface area contributed by atoms with Gasteiger partial charge in [-0.05, 0) is 25.0 Å². The van der Waals surface area contributed by atoms with E-state index in [0.29, 0.717) is 24.5 Å². The molecule has 1 aromatic rings. The topological polar surface area (TPSA) is 91.4 Å². The molecule has 0 spiro atoms. The van der Waals surface area contributed by atoms with E-state index in [1.807, 2.05) is 0 Å². The molecule has 1 aliphatic heterocycles. The van der Waals surface area contributed by atoms with E-state index >= 15 is 0 Å². The van der Waals surface area contributed by atoms with Gasteiger partial charge in [-0.3, -0.25) is 14.4 Å². The summed E-state index contributed by atoms with van der Waals surface area (Å²) in [4.78, 5) is 40.7. The summed E-state index contributed by atoms with van der Waals surface area (Å²) < 4.78 is 0. The van der Waals surface area contributed by atoms with Crippen LogP contribution < -0.4 is 10.6 Å². The maximum absolute atomic E-state index is 12.3. The number of hydrogen-bond donors (Lipinski definition) is 2. The zero-order chi connectivity index (χ0) is 15.7. The van der Waals surface area contributed by atoms with Crippen LogP contribution in [0.3, 0.4) is 0 Å². The van der Waals surface area contributed by atoms with E-state index in [0.717, 1.165) is 12.8 Å². The van der Waals surface area contributed by atoms with Gasteiger partial charge < -0.3 is 15.5 Å². The predicted octanol–water partition coefficient (Wildman–Crippen LogP) is 0.391. The molecule has 2 fully saturated rings. The molecule has 0 radical (unpaired) electrons. The molecule has 3 amide bonds. The molecular weight excluding hydrogens is 284 g/mol. The van der Waals surface area contributed by atoms with E-state index in [1.165, 1.54) is 13.1 Å². The highest BCUT2D eigenvalue weighted by atomic mass is 16.2. The molecule has 1 saturated carbocycles. The standard InChI is InChI=1S/C15H18N4O3/c1-9(20)17-12-7-19(8-12)15(22)11-4-5-16-13(6-11)18-14(21)10-2-3-10/h4-6,10,12H,2-3,7-8H2,1H3,(H,17,20)(H,16,18,21). The van der Waals surface area contributed by atoms with Crippen LogP contribution >= 0.6 is 0 Å². The van der Waals surface area contributed by atoms with E-state index in [-0.39, 0.29) is 29.7 Å². The Balaban J connectivity index is 1.59. The van der Waals surface area contributed by atoms with Crippen molar-refractivity contribution in [1.82, 2.24) is 15.2 Å². The first-order valence-corrected chi connectivity index (χ1v) is 7.36. The van der Waals surface area contributed by atoms with Gasteiger partial charge in [0.25, 0.3) is 5.91 Å². The Labute approximate surface area is 128 Å². The van der Waals surface area contributed by atoms with Gasteiger partial charge in [0, 0.05) is 37.7 Å². The van der Waals surface area contributed by atoms with E-state index in [9.17, 15) is 14.4 Å². The molecule has 0 aromatic carbocycles. The number of hydrogen-bond acceptors (Lipinski definition) is 4. The van der Waals surface area contributed by atoms with Crippen molar-refractivity contribution in [3.63, 3.8) is 0 Å². The average Bonchev–Trinajstić information content (AvgIpc) is 3.26. The molecular formula is C15H18N4O3. The van der Waals surface area contributed by atoms with Crippen LogP contribution in [-0.2, 0) is 9.59 Å². The highest BCUT2D eigenvalue weighted by molar-refractivity contribution is 5.97. The van der Waals surface area contributed by atoms with Crippen molar-refractivity contribution in [2.75, 3.05) is 18.4 Å². The van der Waals surface area contributed by atoms with Crippen molar-refractivity contribution < 1.29 is 14.4 Å². The third-order valence-corrected chi connectivity index (χ3v) is 3.78. The van der Waals surface area contributed by atoms with Crippen LogP contribution in [0.4, 0.5) is 5.82 Å². The van der Waals surface area contributed by atoms with Crippen molar-refractivity contribution in [3.8, 4) is 0 Å². The zero-order valence-electron chi connectivity index (χ0n) is 12.3. The Kier molecular flexibility index (Phi) is 3.79. The van der Waals surface area contributed by atoms with Crippen LogP contribution in [0.1, 0.15) is 30.1 Å². The number of nitrogens with zero attached hydrogens (tertiary/aromatic N) is 2. The number of carbonyl (C=O) groups is 3. The number of aromatic nitrogens is 1. The van der Waals surface area contributed by atoms with Gasteiger partial charge in [0.15, 0.2) is 0 Å². The minimum atomic E-state index is -0.120. The van der Waals surface area contributed by atoms with Crippen LogP contribution in [-0.4, -0.2) is 46.7 Å². The van der Waals surface area contributed by atoms with Crippen LogP contribution in [0.15, 0.2) is 18.3 Å². The normalized spacial score (nSPS) is 17.6. The van der Waals surface area contributed by atoms with Crippen molar-refractivity contribution >= 4 is 23.5 Å². The molecule has 1 aliphatic carbocycles. The van der Waals surface area contributed by atoms with Gasteiger partial charge in [0.05, 0.1) is 6.04 Å². The first kappa shape index (κ1) is 14.5. The summed E-state index contributed by atoms with van der Waals surface area (Å²) in [5.74, 6) is 0.250. The van der Waals surface area contributed by atoms with Gasteiger partial charge in [0.1, 0.15) is 5.82 Å². The summed E-state index contributed by atoms with van der Waals surface area (Å²) in [6, 6.07) is 3.24. The SMILES string of the molecule is CC(=O)NC1CN(C(=O)c2ccnc(NC(=O)C3CC3)c2)C1. The number of rotatable bonds is 4. The molecule has 116 valence electrons. The number of pyridine rings is 1. The monoisotopic (exact) mass is 302 g/mol. The van der Waals surface area contributed by atoms with Gasteiger partial charge in [-0.2, -0.15) is 0 Å². The number of amides is 3. The maximum atomic E-state index is 12.3. The highest BCUT2D eigenvalue weighted by Gasteiger charge is 2.32. The molecule has 0 bridgehead atoms. The number of anilines is 1. The number of likely N-dealkylation sites (tertiary alicyclic amines) is 1. The fraction of sp³-hybridized carbons (Fsp3) is 0.467. The smallest absolute Gasteiger partial charge is 0.254 e. The molecule has 1 aromatic heterocycles. The summed E-state index contributed by atoms with van der Waals surface area (Å²) in [5, 5.41) is 5.50. The fourth-order valence-corrected chi connectivity index (χ4v) is 2.41. The molecule has 0 unspecified atom stereocenters. The van der Waals surface area contributed by atoms with Crippen molar-refractivity contribution in [2.45, 2.75) is 25.8 Å². The lowest BCUT2D eigenvalue weighted by molar-refractivity contribution is -0.120. The van der Waals surface area contributed by atoms with Crippen molar-refractivity contribution in [3.05, 3.63) is 23.9 Å². The van der Waals surface area contributed by atoms with Crippen LogP contribution in [0.25, 0.3) is 0 Å². The van der Waals surface area contributed by atoms with Gasteiger partial charge in [-0.25, -0.2) is 4.98 Å². The molecule has 22 heavy (non-hydrogen) atoms. The second-order valence-corrected chi connectivity index (χ2v) is 5.80. The molecule has 7 nitrogen and oxygen atoms in total. The van der Waals surface area contributed by atoms with Crippen molar-refractivity contribution in [2.24, 2.45) is 5.92 Å². The first-order valence-electron chi connectivity index (χ1n) is 7.36. The van der Waals surface area contributed by atoms with Gasteiger partial charge in [0.2, 0.25) is 11.8 Å². The lowest BCUT2D eigenvalue weighted by atomic mass is 10.1. The molecule has 2 N–H and O–H groups in total. The fourth-order valence-electron chi connectivity index (χ4n) is 2.41.